The first-order chi connectivity index (χ1) is 13.4. The predicted octanol–water partition coefficient (Wildman–Crippen LogP) is 2.58. The number of rotatable bonds is 4. The van der Waals surface area contributed by atoms with Gasteiger partial charge in [0.2, 0.25) is 15.9 Å². The number of para-hydroxylation sites is 2. The predicted molar refractivity (Wildman–Crippen MR) is 107 cm³/mol. The minimum absolute atomic E-state index is 0.111. The molecule has 2 aromatic carbocycles. The molecule has 9 heteroatoms. The molecule has 1 amide bonds. The van der Waals surface area contributed by atoms with Crippen LogP contribution in [0.5, 0.6) is 11.5 Å². The van der Waals surface area contributed by atoms with Crippen molar-refractivity contribution in [3.05, 3.63) is 42.5 Å². The summed E-state index contributed by atoms with van der Waals surface area (Å²) in [5, 5.41) is 2.78. The number of anilines is 1. The van der Waals surface area contributed by atoms with Gasteiger partial charge in [-0.2, -0.15) is 4.31 Å². The van der Waals surface area contributed by atoms with E-state index < -0.39 is 16.1 Å². The Bertz CT molecular complexity index is 1010. The Balaban J connectivity index is 1.51. The normalized spacial score (nSPS) is 18.9. The number of ether oxygens (including phenoxy) is 2. The van der Waals surface area contributed by atoms with Crippen LogP contribution in [0.25, 0.3) is 0 Å². The van der Waals surface area contributed by atoms with Gasteiger partial charge >= 0.3 is 0 Å². The summed E-state index contributed by atoms with van der Waals surface area (Å²) in [6.07, 6.45) is -0.00674. The molecular weight excluding hydrogens is 400 g/mol. The van der Waals surface area contributed by atoms with E-state index in [4.69, 9.17) is 9.47 Å². The van der Waals surface area contributed by atoms with E-state index in [1.807, 2.05) is 18.2 Å². The summed E-state index contributed by atoms with van der Waals surface area (Å²) in [6, 6.07) is 12.1. The summed E-state index contributed by atoms with van der Waals surface area (Å²) >= 11 is 1.53. The highest BCUT2D eigenvalue weighted by Gasteiger charge is 2.29. The van der Waals surface area contributed by atoms with E-state index in [1.165, 1.54) is 29.2 Å². The third kappa shape index (κ3) is 3.82. The minimum atomic E-state index is -3.74. The smallest absolute Gasteiger partial charge is 0.243 e. The second kappa shape index (κ2) is 7.65. The zero-order valence-corrected chi connectivity index (χ0v) is 16.9. The first kappa shape index (κ1) is 19.1. The van der Waals surface area contributed by atoms with E-state index in [-0.39, 0.29) is 24.0 Å². The average molecular weight is 421 g/mol. The molecule has 0 fully saturated rings. The molecule has 1 atom stereocenters. The van der Waals surface area contributed by atoms with Gasteiger partial charge in [-0.15, -0.1) is 11.8 Å². The van der Waals surface area contributed by atoms with Crippen molar-refractivity contribution >= 4 is 33.4 Å². The van der Waals surface area contributed by atoms with Crippen LogP contribution in [0.1, 0.15) is 6.42 Å². The second-order valence-electron chi connectivity index (χ2n) is 6.59. The van der Waals surface area contributed by atoms with Gasteiger partial charge in [0.25, 0.3) is 0 Å². The minimum Gasteiger partial charge on any atom is -0.486 e. The van der Waals surface area contributed by atoms with Gasteiger partial charge in [-0.3, -0.25) is 4.79 Å². The van der Waals surface area contributed by atoms with Crippen LogP contribution < -0.4 is 14.8 Å². The number of fused-ring (bicyclic) bond motifs is 2. The van der Waals surface area contributed by atoms with Crippen molar-refractivity contribution in [3.8, 4) is 11.5 Å². The lowest BCUT2D eigenvalue weighted by molar-refractivity contribution is -0.115. The maximum Gasteiger partial charge on any atom is 0.243 e. The molecular formula is C19H20N2O5S2. The second-order valence-corrected chi connectivity index (χ2v) is 9.77. The molecule has 0 saturated carbocycles. The Morgan fingerprint density at radius 3 is 2.82 bits per heavy atom. The van der Waals surface area contributed by atoms with Crippen LogP contribution in [0.4, 0.5) is 5.69 Å². The summed E-state index contributed by atoms with van der Waals surface area (Å²) in [4.78, 5) is 12.8. The molecule has 0 aliphatic carbocycles. The summed E-state index contributed by atoms with van der Waals surface area (Å²) in [5.41, 5.74) is 0.535. The number of likely N-dealkylation sites (N-methyl/N-ethyl adjacent to an activating group) is 1. The van der Waals surface area contributed by atoms with Gasteiger partial charge in [-0.1, -0.05) is 12.1 Å². The van der Waals surface area contributed by atoms with E-state index in [1.54, 1.807) is 18.2 Å². The summed E-state index contributed by atoms with van der Waals surface area (Å²) in [5.74, 6) is 1.82. The van der Waals surface area contributed by atoms with Crippen LogP contribution in [0.2, 0.25) is 0 Å². The Morgan fingerprint density at radius 2 is 2.00 bits per heavy atom. The average Bonchev–Trinajstić information content (AvgIpc) is 2.87. The third-order valence-corrected chi connectivity index (χ3v) is 7.44. The quantitative estimate of drug-likeness (QED) is 0.818. The molecule has 0 aromatic heterocycles. The number of amides is 1. The lowest BCUT2D eigenvalue weighted by Crippen LogP contribution is -2.41. The van der Waals surface area contributed by atoms with Crippen LogP contribution >= 0.6 is 11.8 Å². The van der Waals surface area contributed by atoms with Crippen molar-refractivity contribution in [1.29, 1.82) is 0 Å². The molecule has 4 rings (SSSR count). The van der Waals surface area contributed by atoms with Gasteiger partial charge in [-0.25, -0.2) is 8.42 Å². The lowest BCUT2D eigenvalue weighted by Gasteiger charge is -2.29. The largest absolute Gasteiger partial charge is 0.486 e. The molecule has 0 spiro atoms. The molecule has 2 heterocycles. The van der Waals surface area contributed by atoms with Gasteiger partial charge < -0.3 is 14.8 Å². The van der Waals surface area contributed by atoms with Crippen molar-refractivity contribution in [1.82, 2.24) is 4.31 Å². The number of sulfonamides is 1. The number of hydrogen-bond donors (Lipinski definition) is 1. The van der Waals surface area contributed by atoms with Gasteiger partial charge in [0.15, 0.2) is 11.5 Å². The van der Waals surface area contributed by atoms with Crippen LogP contribution in [0, 0.1) is 0 Å². The van der Waals surface area contributed by atoms with E-state index in [9.17, 15) is 13.2 Å². The summed E-state index contributed by atoms with van der Waals surface area (Å²) < 4.78 is 38.8. The fourth-order valence-electron chi connectivity index (χ4n) is 3.08. The van der Waals surface area contributed by atoms with Crippen LogP contribution in [-0.4, -0.2) is 50.7 Å². The van der Waals surface area contributed by atoms with Gasteiger partial charge in [0.1, 0.15) is 12.7 Å². The number of hydrogen-bond acceptors (Lipinski definition) is 6. The zero-order chi connectivity index (χ0) is 19.7. The van der Waals surface area contributed by atoms with Crippen molar-refractivity contribution in [2.75, 3.05) is 31.3 Å². The SMILES string of the molecule is CN(CC1COc2ccccc2O1)S(=O)(=O)c1ccc2c(c1)NC(=O)CCS2. The van der Waals surface area contributed by atoms with Crippen LogP contribution in [0.15, 0.2) is 52.3 Å². The molecule has 28 heavy (non-hydrogen) atoms. The number of thioether (sulfide) groups is 1. The highest BCUT2D eigenvalue weighted by atomic mass is 32.2. The van der Waals surface area contributed by atoms with Crippen molar-refractivity contribution < 1.29 is 22.7 Å². The van der Waals surface area contributed by atoms with Gasteiger partial charge in [0.05, 0.1) is 17.1 Å². The monoisotopic (exact) mass is 420 g/mol. The molecule has 1 N–H and O–H groups in total. The van der Waals surface area contributed by atoms with Crippen molar-refractivity contribution in [3.63, 3.8) is 0 Å². The molecule has 2 aliphatic rings. The third-order valence-electron chi connectivity index (χ3n) is 4.55. The number of carbonyl (C=O) groups is 1. The molecule has 2 aliphatic heterocycles. The molecule has 2 aromatic rings. The van der Waals surface area contributed by atoms with Crippen molar-refractivity contribution in [2.24, 2.45) is 0 Å². The molecule has 7 nitrogen and oxygen atoms in total. The van der Waals surface area contributed by atoms with E-state index >= 15 is 0 Å². The highest BCUT2D eigenvalue weighted by Crippen LogP contribution is 2.34. The lowest BCUT2D eigenvalue weighted by atomic mass is 10.2. The zero-order valence-electron chi connectivity index (χ0n) is 15.3. The van der Waals surface area contributed by atoms with E-state index in [0.29, 0.717) is 29.4 Å². The molecule has 0 radical (unpaired) electrons. The molecule has 1 unspecified atom stereocenters. The number of benzene rings is 2. The van der Waals surface area contributed by atoms with Gasteiger partial charge in [0, 0.05) is 24.1 Å². The highest BCUT2D eigenvalue weighted by molar-refractivity contribution is 7.99. The van der Waals surface area contributed by atoms with E-state index in [2.05, 4.69) is 5.32 Å². The number of nitrogens with zero attached hydrogens (tertiary/aromatic N) is 1. The Hall–Kier alpha value is -2.23. The van der Waals surface area contributed by atoms with Crippen LogP contribution in [0.3, 0.4) is 0 Å². The fourth-order valence-corrected chi connectivity index (χ4v) is 5.24. The standard InChI is InChI=1S/C19H20N2O5S2/c1-21(11-13-12-25-16-4-2-3-5-17(16)26-13)28(23,24)14-6-7-18-15(10-14)20-19(22)8-9-27-18/h2-7,10,13H,8-9,11-12H2,1H3,(H,20,22). The summed E-state index contributed by atoms with van der Waals surface area (Å²) in [7, 11) is -2.23. The maximum absolute atomic E-state index is 13.0. The fraction of sp³-hybridized carbons (Fsp3) is 0.316. The summed E-state index contributed by atoms with van der Waals surface area (Å²) in [6.45, 7) is 0.419. The maximum atomic E-state index is 13.0. The molecule has 0 bridgehead atoms. The van der Waals surface area contributed by atoms with Crippen molar-refractivity contribution in [2.45, 2.75) is 22.3 Å². The topological polar surface area (TPSA) is 84.9 Å². The number of carbonyl (C=O) groups excluding carboxylic acids is 1. The first-order valence-electron chi connectivity index (χ1n) is 8.85. The Kier molecular flexibility index (Phi) is 5.22. The first-order valence-corrected chi connectivity index (χ1v) is 11.3. The van der Waals surface area contributed by atoms with E-state index in [0.717, 1.165) is 4.90 Å². The number of nitrogens with one attached hydrogen (secondary N) is 1. The Morgan fingerprint density at radius 1 is 1.21 bits per heavy atom. The van der Waals surface area contributed by atoms with Crippen LogP contribution in [-0.2, 0) is 14.8 Å². The Labute approximate surface area is 168 Å². The van der Waals surface area contributed by atoms with Gasteiger partial charge in [-0.05, 0) is 30.3 Å². The molecule has 148 valence electrons. The molecule has 0 saturated heterocycles.